The van der Waals surface area contributed by atoms with Crippen LogP contribution in [0, 0.1) is 0 Å². The number of amides is 1. The zero-order valence-electron chi connectivity index (χ0n) is 12.2. The first-order chi connectivity index (χ1) is 10.6. The Balaban J connectivity index is 2.16. The van der Waals surface area contributed by atoms with E-state index in [4.69, 9.17) is 0 Å². The predicted molar refractivity (Wildman–Crippen MR) is 80.2 cm³/mol. The highest BCUT2D eigenvalue weighted by Crippen LogP contribution is 2.20. The molecule has 0 fully saturated rings. The lowest BCUT2D eigenvalue weighted by Gasteiger charge is -2.14. The minimum atomic E-state index is -1.03. The molecule has 0 spiro atoms. The minimum absolute atomic E-state index is 0.314. The van der Waals surface area contributed by atoms with Gasteiger partial charge in [-0.05, 0) is 18.6 Å². The molecule has 0 unspecified atom stereocenters. The molecule has 0 aliphatic heterocycles. The van der Waals surface area contributed by atoms with Gasteiger partial charge in [-0.15, -0.1) is 0 Å². The van der Waals surface area contributed by atoms with Crippen LogP contribution in [0.4, 0.5) is 0 Å². The second-order valence-electron chi connectivity index (χ2n) is 4.90. The molecule has 0 radical (unpaired) electrons. The van der Waals surface area contributed by atoms with Crippen LogP contribution in [0.5, 0.6) is 0 Å². The molecular weight excluding hydrogens is 284 g/mol. The van der Waals surface area contributed by atoms with Gasteiger partial charge in [-0.1, -0.05) is 19.8 Å². The summed E-state index contributed by atoms with van der Waals surface area (Å²) in [5.41, 5.74) is 1.62. The van der Waals surface area contributed by atoms with Crippen molar-refractivity contribution in [1.29, 1.82) is 0 Å². The van der Waals surface area contributed by atoms with Gasteiger partial charge >= 0.3 is 5.97 Å². The molecule has 1 atom stereocenters. The molecule has 7 heteroatoms. The number of nitrogens with one attached hydrogen (secondary N) is 2. The van der Waals surface area contributed by atoms with Crippen LogP contribution < -0.4 is 5.32 Å². The molecule has 116 valence electrons. The van der Waals surface area contributed by atoms with Crippen LogP contribution in [0.15, 0.2) is 30.7 Å². The number of unbranched alkanes of at least 4 members (excludes halogenated alkanes) is 1. The first-order valence-corrected chi connectivity index (χ1v) is 7.11. The van der Waals surface area contributed by atoms with Crippen LogP contribution in [0.25, 0.3) is 11.3 Å². The van der Waals surface area contributed by atoms with E-state index in [0.717, 1.165) is 18.4 Å². The van der Waals surface area contributed by atoms with Gasteiger partial charge < -0.3 is 10.4 Å². The third kappa shape index (κ3) is 3.69. The molecule has 0 aromatic carbocycles. The van der Waals surface area contributed by atoms with E-state index >= 15 is 0 Å². The van der Waals surface area contributed by atoms with Crippen LogP contribution in [-0.4, -0.2) is 38.2 Å². The van der Waals surface area contributed by atoms with Gasteiger partial charge in [0, 0.05) is 18.0 Å². The summed E-state index contributed by atoms with van der Waals surface area (Å²) in [6, 6.07) is 2.60. The standard InChI is InChI=1S/C15H18N4O3/c1-2-3-4-12(15(21)22)18-14(20)11-9-17-19-13(11)10-5-7-16-8-6-10/h5-9,12H,2-4H2,1H3,(H,17,19)(H,18,20)(H,21,22)/t12-/m0/s1. The number of aliphatic carboxylic acids is 1. The highest BCUT2D eigenvalue weighted by molar-refractivity contribution is 6.01. The number of carboxylic acid groups (broad SMARTS) is 1. The maximum Gasteiger partial charge on any atom is 0.326 e. The molecule has 0 saturated carbocycles. The molecule has 2 aromatic rings. The van der Waals surface area contributed by atoms with E-state index in [1.54, 1.807) is 24.5 Å². The quantitative estimate of drug-likeness (QED) is 0.723. The van der Waals surface area contributed by atoms with Crippen molar-refractivity contribution in [2.24, 2.45) is 0 Å². The van der Waals surface area contributed by atoms with E-state index in [1.165, 1.54) is 6.20 Å². The maximum absolute atomic E-state index is 12.3. The lowest BCUT2D eigenvalue weighted by Crippen LogP contribution is -2.40. The van der Waals surface area contributed by atoms with Crippen molar-refractivity contribution in [3.8, 4) is 11.3 Å². The molecular formula is C15H18N4O3. The molecule has 0 aliphatic rings. The molecule has 0 saturated heterocycles. The molecule has 2 rings (SSSR count). The number of aromatic nitrogens is 3. The van der Waals surface area contributed by atoms with Gasteiger partial charge in [0.05, 0.1) is 17.5 Å². The van der Waals surface area contributed by atoms with Crippen molar-refractivity contribution in [3.63, 3.8) is 0 Å². The molecule has 22 heavy (non-hydrogen) atoms. The number of rotatable bonds is 7. The minimum Gasteiger partial charge on any atom is -0.480 e. The Morgan fingerprint density at radius 1 is 1.36 bits per heavy atom. The van der Waals surface area contributed by atoms with Gasteiger partial charge in [0.15, 0.2) is 0 Å². The number of hydrogen-bond donors (Lipinski definition) is 3. The van der Waals surface area contributed by atoms with Gasteiger partial charge in [0.1, 0.15) is 6.04 Å². The summed E-state index contributed by atoms with van der Waals surface area (Å²) in [4.78, 5) is 27.5. The Kier molecular flexibility index (Phi) is 5.24. The Labute approximate surface area is 127 Å². The normalized spacial score (nSPS) is 11.9. The fourth-order valence-corrected chi connectivity index (χ4v) is 2.10. The fourth-order valence-electron chi connectivity index (χ4n) is 2.10. The number of carbonyl (C=O) groups excluding carboxylic acids is 1. The van der Waals surface area contributed by atoms with E-state index in [0.29, 0.717) is 17.7 Å². The van der Waals surface area contributed by atoms with E-state index < -0.39 is 17.9 Å². The van der Waals surface area contributed by atoms with Gasteiger partial charge in [0.25, 0.3) is 5.91 Å². The second-order valence-corrected chi connectivity index (χ2v) is 4.90. The second kappa shape index (κ2) is 7.35. The van der Waals surface area contributed by atoms with Crippen molar-refractivity contribution in [2.45, 2.75) is 32.2 Å². The van der Waals surface area contributed by atoms with Crippen LogP contribution in [0.2, 0.25) is 0 Å². The van der Waals surface area contributed by atoms with Crippen LogP contribution in [-0.2, 0) is 4.79 Å². The largest absolute Gasteiger partial charge is 0.480 e. The summed E-state index contributed by atoms with van der Waals surface area (Å²) in [7, 11) is 0. The van der Waals surface area contributed by atoms with Crippen molar-refractivity contribution < 1.29 is 14.7 Å². The Morgan fingerprint density at radius 3 is 2.73 bits per heavy atom. The molecule has 2 aromatic heterocycles. The average Bonchev–Trinajstić information content (AvgIpc) is 3.01. The van der Waals surface area contributed by atoms with E-state index in [-0.39, 0.29) is 0 Å². The molecule has 1 amide bonds. The number of aromatic amines is 1. The van der Waals surface area contributed by atoms with Gasteiger partial charge in [-0.3, -0.25) is 14.9 Å². The highest BCUT2D eigenvalue weighted by Gasteiger charge is 2.22. The lowest BCUT2D eigenvalue weighted by atomic mass is 10.1. The summed E-state index contributed by atoms with van der Waals surface area (Å²) < 4.78 is 0. The van der Waals surface area contributed by atoms with Gasteiger partial charge in [-0.25, -0.2) is 4.79 Å². The van der Waals surface area contributed by atoms with Crippen molar-refractivity contribution in [3.05, 3.63) is 36.3 Å². The first-order valence-electron chi connectivity index (χ1n) is 7.11. The van der Waals surface area contributed by atoms with Gasteiger partial charge in [-0.2, -0.15) is 5.10 Å². The monoisotopic (exact) mass is 302 g/mol. The van der Waals surface area contributed by atoms with Crippen molar-refractivity contribution >= 4 is 11.9 Å². The zero-order valence-corrected chi connectivity index (χ0v) is 12.2. The van der Waals surface area contributed by atoms with Crippen molar-refractivity contribution in [1.82, 2.24) is 20.5 Å². The van der Waals surface area contributed by atoms with E-state index in [9.17, 15) is 14.7 Å². The van der Waals surface area contributed by atoms with E-state index in [1.807, 2.05) is 6.92 Å². The third-order valence-electron chi connectivity index (χ3n) is 3.30. The van der Waals surface area contributed by atoms with Crippen LogP contribution in [0.1, 0.15) is 36.5 Å². The number of nitrogens with zero attached hydrogens (tertiary/aromatic N) is 2. The first kappa shape index (κ1) is 15.7. The summed E-state index contributed by atoms with van der Waals surface area (Å²) in [5, 5.41) is 18.4. The summed E-state index contributed by atoms with van der Waals surface area (Å²) in [6.45, 7) is 1.97. The third-order valence-corrected chi connectivity index (χ3v) is 3.30. The number of carbonyl (C=O) groups is 2. The zero-order chi connectivity index (χ0) is 15.9. The molecule has 0 bridgehead atoms. The topological polar surface area (TPSA) is 108 Å². The maximum atomic E-state index is 12.3. The lowest BCUT2D eigenvalue weighted by molar-refractivity contribution is -0.139. The Morgan fingerprint density at radius 2 is 2.09 bits per heavy atom. The summed E-state index contributed by atoms with van der Waals surface area (Å²) in [6.07, 6.45) is 6.62. The average molecular weight is 302 g/mol. The SMILES string of the molecule is CCCC[C@H](NC(=O)c1cn[nH]c1-c1ccncc1)C(=O)O. The fraction of sp³-hybridized carbons (Fsp3) is 0.333. The number of pyridine rings is 1. The number of H-pyrrole nitrogens is 1. The number of hydrogen-bond acceptors (Lipinski definition) is 4. The van der Waals surface area contributed by atoms with E-state index in [2.05, 4.69) is 20.5 Å². The van der Waals surface area contributed by atoms with Crippen molar-refractivity contribution in [2.75, 3.05) is 0 Å². The van der Waals surface area contributed by atoms with Crippen LogP contribution in [0.3, 0.4) is 0 Å². The number of carboxylic acids is 1. The summed E-state index contributed by atoms with van der Waals surface area (Å²) >= 11 is 0. The summed E-state index contributed by atoms with van der Waals surface area (Å²) in [5.74, 6) is -1.49. The van der Waals surface area contributed by atoms with Crippen LogP contribution >= 0.6 is 0 Å². The predicted octanol–water partition coefficient (Wildman–Crippen LogP) is 1.84. The molecule has 2 heterocycles. The molecule has 0 aliphatic carbocycles. The van der Waals surface area contributed by atoms with Gasteiger partial charge in [0.2, 0.25) is 0 Å². The highest BCUT2D eigenvalue weighted by atomic mass is 16.4. The molecule has 3 N–H and O–H groups in total. The Bertz CT molecular complexity index is 639. The Hall–Kier alpha value is -2.70. The molecule has 7 nitrogen and oxygen atoms in total. The smallest absolute Gasteiger partial charge is 0.326 e.